The van der Waals surface area contributed by atoms with Crippen LogP contribution in [0.4, 0.5) is 10.8 Å². The zero-order chi connectivity index (χ0) is 15.1. The van der Waals surface area contributed by atoms with Gasteiger partial charge in [-0.15, -0.1) is 10.2 Å². The van der Waals surface area contributed by atoms with Gasteiger partial charge in [0.25, 0.3) is 0 Å². The van der Waals surface area contributed by atoms with Crippen LogP contribution in [-0.2, 0) is 4.79 Å². The molecule has 0 aliphatic heterocycles. The lowest BCUT2D eigenvalue weighted by molar-refractivity contribution is -0.113. The van der Waals surface area contributed by atoms with Crippen LogP contribution in [0.2, 0.25) is 0 Å². The molecule has 1 amide bonds. The summed E-state index contributed by atoms with van der Waals surface area (Å²) in [5, 5.41) is 15.0. The molecule has 1 aromatic carbocycles. The van der Waals surface area contributed by atoms with Crippen LogP contribution < -0.4 is 10.6 Å². The fourth-order valence-corrected chi connectivity index (χ4v) is 3.55. The number of aromatic nitrogens is 2. The van der Waals surface area contributed by atoms with E-state index in [2.05, 4.69) is 50.3 Å². The molecular formula is C13H15IN4OS2. The first-order valence-corrected chi connectivity index (χ1v) is 9.31. The number of amides is 1. The molecule has 0 aliphatic rings. The van der Waals surface area contributed by atoms with Gasteiger partial charge in [-0.25, -0.2) is 0 Å². The van der Waals surface area contributed by atoms with Crippen molar-refractivity contribution < 1.29 is 4.79 Å². The SMILES string of the molecule is CCCNc1nnc(SCC(=O)Nc2ccccc2I)s1. The molecule has 21 heavy (non-hydrogen) atoms. The Kier molecular flexibility index (Phi) is 6.71. The molecule has 1 heterocycles. The lowest BCUT2D eigenvalue weighted by Gasteiger charge is -2.05. The van der Waals surface area contributed by atoms with Gasteiger partial charge in [0.1, 0.15) is 0 Å². The first-order chi connectivity index (χ1) is 10.2. The number of rotatable bonds is 7. The van der Waals surface area contributed by atoms with E-state index < -0.39 is 0 Å². The topological polar surface area (TPSA) is 66.9 Å². The molecule has 0 spiro atoms. The maximum atomic E-state index is 11.9. The van der Waals surface area contributed by atoms with E-state index in [4.69, 9.17) is 0 Å². The monoisotopic (exact) mass is 434 g/mol. The van der Waals surface area contributed by atoms with Crippen LogP contribution in [0, 0.1) is 3.57 Å². The van der Waals surface area contributed by atoms with E-state index in [1.54, 1.807) is 0 Å². The molecule has 0 bridgehead atoms. The average Bonchev–Trinajstić information content (AvgIpc) is 2.93. The van der Waals surface area contributed by atoms with Gasteiger partial charge in [-0.2, -0.15) is 0 Å². The Hall–Kier alpha value is -0.870. The molecule has 5 nitrogen and oxygen atoms in total. The number of para-hydroxylation sites is 1. The molecule has 0 aliphatic carbocycles. The number of anilines is 2. The molecule has 0 saturated heterocycles. The maximum Gasteiger partial charge on any atom is 0.234 e. The van der Waals surface area contributed by atoms with E-state index in [-0.39, 0.29) is 5.91 Å². The summed E-state index contributed by atoms with van der Waals surface area (Å²) in [4.78, 5) is 11.9. The largest absolute Gasteiger partial charge is 0.360 e. The number of halogens is 1. The summed E-state index contributed by atoms with van der Waals surface area (Å²) in [5.74, 6) is 0.287. The van der Waals surface area contributed by atoms with Crippen LogP contribution in [0.25, 0.3) is 0 Å². The molecule has 1 aromatic heterocycles. The van der Waals surface area contributed by atoms with Gasteiger partial charge in [0, 0.05) is 10.1 Å². The minimum absolute atomic E-state index is 0.0395. The van der Waals surface area contributed by atoms with Crippen molar-refractivity contribution in [3.05, 3.63) is 27.8 Å². The molecule has 8 heteroatoms. The Morgan fingerprint density at radius 1 is 1.38 bits per heavy atom. The highest BCUT2D eigenvalue weighted by molar-refractivity contribution is 14.1. The third-order valence-corrected chi connectivity index (χ3v) is 5.36. The normalized spacial score (nSPS) is 10.4. The second-order valence-electron chi connectivity index (χ2n) is 4.12. The van der Waals surface area contributed by atoms with Gasteiger partial charge in [-0.1, -0.05) is 42.2 Å². The summed E-state index contributed by atoms with van der Waals surface area (Å²) in [7, 11) is 0. The van der Waals surface area contributed by atoms with Crippen molar-refractivity contribution in [2.45, 2.75) is 17.7 Å². The van der Waals surface area contributed by atoms with Crippen LogP contribution in [0.3, 0.4) is 0 Å². The second kappa shape index (κ2) is 8.54. The average molecular weight is 434 g/mol. The molecule has 2 N–H and O–H groups in total. The molecule has 2 rings (SSSR count). The first-order valence-electron chi connectivity index (χ1n) is 6.43. The van der Waals surface area contributed by atoms with Crippen LogP contribution in [0.5, 0.6) is 0 Å². The van der Waals surface area contributed by atoms with E-state index in [1.165, 1.54) is 23.1 Å². The summed E-state index contributed by atoms with van der Waals surface area (Å²) in [6.07, 6.45) is 1.04. The van der Waals surface area contributed by atoms with E-state index in [0.29, 0.717) is 5.75 Å². The van der Waals surface area contributed by atoms with E-state index in [1.807, 2.05) is 24.3 Å². The van der Waals surface area contributed by atoms with Gasteiger partial charge in [-0.3, -0.25) is 4.79 Å². The summed E-state index contributed by atoms with van der Waals surface area (Å²) in [5.41, 5.74) is 0.839. The predicted molar refractivity (Wildman–Crippen MR) is 97.2 cm³/mol. The van der Waals surface area contributed by atoms with Gasteiger partial charge in [0.2, 0.25) is 11.0 Å². The summed E-state index contributed by atoms with van der Waals surface area (Å²) in [6, 6.07) is 7.70. The van der Waals surface area contributed by atoms with Gasteiger partial charge < -0.3 is 10.6 Å². The van der Waals surface area contributed by atoms with Crippen molar-refractivity contribution >= 4 is 62.4 Å². The van der Waals surface area contributed by atoms with Crippen molar-refractivity contribution in [2.75, 3.05) is 22.9 Å². The molecule has 0 fully saturated rings. The van der Waals surface area contributed by atoms with Crippen LogP contribution in [0.1, 0.15) is 13.3 Å². The number of nitrogens with one attached hydrogen (secondary N) is 2. The molecule has 0 unspecified atom stereocenters. The highest BCUT2D eigenvalue weighted by Gasteiger charge is 2.09. The van der Waals surface area contributed by atoms with Crippen molar-refractivity contribution in [3.63, 3.8) is 0 Å². The van der Waals surface area contributed by atoms with Crippen molar-refractivity contribution in [1.29, 1.82) is 0 Å². The Morgan fingerprint density at radius 2 is 2.19 bits per heavy atom. The number of hydrogen-bond acceptors (Lipinski definition) is 6. The van der Waals surface area contributed by atoms with Crippen LogP contribution >= 0.6 is 45.7 Å². The molecular weight excluding hydrogens is 419 g/mol. The molecule has 112 valence electrons. The van der Waals surface area contributed by atoms with Crippen LogP contribution in [0.15, 0.2) is 28.6 Å². The minimum atomic E-state index is -0.0395. The summed E-state index contributed by atoms with van der Waals surface area (Å²) >= 11 is 5.07. The van der Waals surface area contributed by atoms with E-state index in [9.17, 15) is 4.79 Å². The van der Waals surface area contributed by atoms with Crippen LogP contribution in [-0.4, -0.2) is 28.4 Å². The highest BCUT2D eigenvalue weighted by atomic mass is 127. The zero-order valence-electron chi connectivity index (χ0n) is 11.4. The summed E-state index contributed by atoms with van der Waals surface area (Å²) in [6.45, 7) is 2.98. The quantitative estimate of drug-likeness (QED) is 0.514. The maximum absolute atomic E-state index is 11.9. The van der Waals surface area contributed by atoms with Gasteiger partial charge >= 0.3 is 0 Å². The predicted octanol–water partition coefficient (Wildman–Crippen LogP) is 3.70. The number of carbonyl (C=O) groups excluding carboxylic acids is 1. The number of nitrogens with zero attached hydrogens (tertiary/aromatic N) is 2. The fourth-order valence-electron chi connectivity index (χ4n) is 1.45. The van der Waals surface area contributed by atoms with Crippen molar-refractivity contribution in [1.82, 2.24) is 10.2 Å². The molecule has 0 atom stereocenters. The standard InChI is InChI=1S/C13H15IN4OS2/c1-2-7-15-12-17-18-13(21-12)20-8-11(19)16-10-6-4-3-5-9(10)14/h3-6H,2,7-8H2,1H3,(H,15,17)(H,16,19). The molecule has 0 saturated carbocycles. The van der Waals surface area contributed by atoms with E-state index in [0.717, 1.165) is 31.7 Å². The third-order valence-electron chi connectivity index (χ3n) is 2.41. The van der Waals surface area contributed by atoms with Crippen molar-refractivity contribution in [2.24, 2.45) is 0 Å². The Morgan fingerprint density at radius 3 is 2.95 bits per heavy atom. The van der Waals surface area contributed by atoms with Gasteiger partial charge in [0.15, 0.2) is 4.34 Å². The number of thioether (sulfide) groups is 1. The minimum Gasteiger partial charge on any atom is -0.360 e. The molecule has 2 aromatic rings. The fraction of sp³-hybridized carbons (Fsp3) is 0.308. The number of carbonyl (C=O) groups is 1. The van der Waals surface area contributed by atoms with E-state index >= 15 is 0 Å². The van der Waals surface area contributed by atoms with Gasteiger partial charge in [-0.05, 0) is 41.1 Å². The second-order valence-corrected chi connectivity index (χ2v) is 7.48. The third kappa shape index (κ3) is 5.44. The van der Waals surface area contributed by atoms with Gasteiger partial charge in [0.05, 0.1) is 11.4 Å². The number of hydrogen-bond donors (Lipinski definition) is 2. The molecule has 0 radical (unpaired) electrons. The first kappa shape index (κ1) is 16.5. The smallest absolute Gasteiger partial charge is 0.234 e. The lowest BCUT2D eigenvalue weighted by atomic mass is 10.3. The number of benzene rings is 1. The summed E-state index contributed by atoms with van der Waals surface area (Å²) < 4.78 is 1.82. The van der Waals surface area contributed by atoms with Crippen molar-refractivity contribution in [3.8, 4) is 0 Å². The highest BCUT2D eigenvalue weighted by Crippen LogP contribution is 2.25. The Balaban J connectivity index is 1.81. The zero-order valence-corrected chi connectivity index (χ0v) is 15.2. The lowest BCUT2D eigenvalue weighted by Crippen LogP contribution is -2.14. The Labute approximate surface area is 145 Å². The Bertz CT molecular complexity index is 605.